The fraction of sp³-hybridized carbons (Fsp3) is 0.571. The second-order valence-corrected chi connectivity index (χ2v) is 7.32. The third-order valence-electron chi connectivity index (χ3n) is 3.90. The Morgan fingerprint density at radius 2 is 1.95 bits per heavy atom. The minimum Gasteiger partial charge on any atom is -0.326 e. The highest BCUT2D eigenvalue weighted by Crippen LogP contribution is 2.29. The van der Waals surface area contributed by atoms with Crippen LogP contribution in [0.4, 0.5) is 0 Å². The first-order valence-electron chi connectivity index (χ1n) is 6.66. The van der Waals surface area contributed by atoms with Gasteiger partial charge in [-0.05, 0) is 55.4 Å². The molecule has 0 radical (unpaired) electrons. The van der Waals surface area contributed by atoms with Crippen LogP contribution in [0.25, 0.3) is 0 Å². The Kier molecular flexibility index (Phi) is 3.99. The molecule has 5 heteroatoms. The minimum absolute atomic E-state index is 0.0845. The van der Waals surface area contributed by atoms with Crippen molar-refractivity contribution < 1.29 is 8.42 Å². The third kappa shape index (κ3) is 2.99. The first-order chi connectivity index (χ1) is 8.83. The number of nitrogens with one attached hydrogen (secondary N) is 1. The molecule has 19 heavy (non-hydrogen) atoms. The van der Waals surface area contributed by atoms with Gasteiger partial charge in [-0.3, -0.25) is 0 Å². The van der Waals surface area contributed by atoms with Crippen molar-refractivity contribution in [3.05, 3.63) is 28.8 Å². The zero-order valence-electron chi connectivity index (χ0n) is 11.7. The van der Waals surface area contributed by atoms with E-state index in [1.54, 1.807) is 6.07 Å². The predicted molar refractivity (Wildman–Crippen MR) is 76.3 cm³/mol. The zero-order chi connectivity index (χ0) is 14.2. The van der Waals surface area contributed by atoms with E-state index in [4.69, 9.17) is 5.73 Å². The van der Waals surface area contributed by atoms with Crippen LogP contribution >= 0.6 is 0 Å². The van der Waals surface area contributed by atoms with Crippen molar-refractivity contribution in [3.63, 3.8) is 0 Å². The fourth-order valence-electron chi connectivity index (χ4n) is 2.58. The Morgan fingerprint density at radius 1 is 1.32 bits per heavy atom. The molecular formula is C14H22N2O2S. The summed E-state index contributed by atoms with van der Waals surface area (Å²) in [6.07, 6.45) is 1.85. The van der Waals surface area contributed by atoms with Gasteiger partial charge in [-0.15, -0.1) is 0 Å². The molecule has 0 amide bonds. The first-order valence-corrected chi connectivity index (χ1v) is 8.14. The Hall–Kier alpha value is -0.910. The van der Waals surface area contributed by atoms with Crippen LogP contribution in [0.5, 0.6) is 0 Å². The summed E-state index contributed by atoms with van der Waals surface area (Å²) in [7, 11) is -3.44. The van der Waals surface area contributed by atoms with Crippen molar-refractivity contribution in [2.24, 2.45) is 11.7 Å². The normalized spacial score (nSPS) is 23.2. The Bertz CT molecular complexity index is 575. The van der Waals surface area contributed by atoms with E-state index in [0.29, 0.717) is 17.4 Å². The van der Waals surface area contributed by atoms with E-state index >= 15 is 0 Å². The molecule has 1 saturated carbocycles. The van der Waals surface area contributed by atoms with Gasteiger partial charge < -0.3 is 5.73 Å². The lowest BCUT2D eigenvalue weighted by molar-refractivity contribution is 0.270. The summed E-state index contributed by atoms with van der Waals surface area (Å²) in [4.78, 5) is 0.368. The standard InChI is InChI=1S/C14H22N2O2S/c1-9-4-13(5-9)16-19(17,18)14-7-12(8-15)6-10(2)11(14)3/h6-7,9,13,16H,4-5,8,15H2,1-3H3. The summed E-state index contributed by atoms with van der Waals surface area (Å²) in [5, 5.41) is 0. The van der Waals surface area contributed by atoms with Crippen molar-refractivity contribution in [2.45, 2.75) is 51.1 Å². The average molecular weight is 282 g/mol. The molecule has 0 spiro atoms. The quantitative estimate of drug-likeness (QED) is 0.885. The van der Waals surface area contributed by atoms with Gasteiger partial charge in [0.1, 0.15) is 0 Å². The van der Waals surface area contributed by atoms with E-state index in [9.17, 15) is 8.42 Å². The van der Waals surface area contributed by atoms with Crippen molar-refractivity contribution in [3.8, 4) is 0 Å². The third-order valence-corrected chi connectivity index (χ3v) is 5.55. The van der Waals surface area contributed by atoms with E-state index in [1.807, 2.05) is 19.9 Å². The van der Waals surface area contributed by atoms with Crippen LogP contribution < -0.4 is 10.5 Å². The van der Waals surface area contributed by atoms with Crippen molar-refractivity contribution in [1.82, 2.24) is 4.72 Å². The van der Waals surface area contributed by atoms with Gasteiger partial charge in [-0.2, -0.15) is 0 Å². The van der Waals surface area contributed by atoms with Crippen LogP contribution in [0.1, 0.15) is 36.5 Å². The van der Waals surface area contributed by atoms with Gasteiger partial charge in [0.25, 0.3) is 0 Å². The van der Waals surface area contributed by atoms with Gasteiger partial charge >= 0.3 is 0 Å². The average Bonchev–Trinajstić information content (AvgIpc) is 2.30. The Balaban J connectivity index is 2.31. The molecular weight excluding hydrogens is 260 g/mol. The maximum Gasteiger partial charge on any atom is 0.241 e. The Morgan fingerprint density at radius 3 is 2.47 bits per heavy atom. The van der Waals surface area contributed by atoms with Crippen molar-refractivity contribution >= 4 is 10.0 Å². The summed E-state index contributed by atoms with van der Waals surface area (Å²) in [5.41, 5.74) is 8.24. The van der Waals surface area contributed by atoms with E-state index in [2.05, 4.69) is 11.6 Å². The summed E-state index contributed by atoms with van der Waals surface area (Å²) < 4.78 is 27.7. The van der Waals surface area contributed by atoms with Crippen LogP contribution in [0.15, 0.2) is 17.0 Å². The zero-order valence-corrected chi connectivity index (χ0v) is 12.5. The molecule has 2 rings (SSSR count). The topological polar surface area (TPSA) is 72.2 Å². The van der Waals surface area contributed by atoms with E-state index < -0.39 is 10.0 Å². The van der Waals surface area contributed by atoms with E-state index in [1.165, 1.54) is 0 Å². The largest absolute Gasteiger partial charge is 0.326 e. The maximum atomic E-state index is 12.4. The monoisotopic (exact) mass is 282 g/mol. The highest BCUT2D eigenvalue weighted by atomic mass is 32.2. The molecule has 0 saturated heterocycles. The number of benzene rings is 1. The van der Waals surface area contributed by atoms with Gasteiger partial charge in [0.2, 0.25) is 10.0 Å². The smallest absolute Gasteiger partial charge is 0.241 e. The van der Waals surface area contributed by atoms with Gasteiger partial charge in [0, 0.05) is 12.6 Å². The molecule has 0 aliphatic heterocycles. The van der Waals surface area contributed by atoms with E-state index in [0.717, 1.165) is 29.5 Å². The lowest BCUT2D eigenvalue weighted by Crippen LogP contribution is -2.43. The second-order valence-electron chi connectivity index (χ2n) is 5.63. The number of sulfonamides is 1. The van der Waals surface area contributed by atoms with Crippen LogP contribution in [-0.4, -0.2) is 14.5 Å². The summed E-state index contributed by atoms with van der Waals surface area (Å²) >= 11 is 0. The molecule has 4 nitrogen and oxygen atoms in total. The van der Waals surface area contributed by atoms with Crippen molar-refractivity contribution in [2.75, 3.05) is 0 Å². The highest BCUT2D eigenvalue weighted by Gasteiger charge is 2.30. The lowest BCUT2D eigenvalue weighted by atomic mass is 9.83. The summed E-state index contributed by atoms with van der Waals surface area (Å²) in [6.45, 7) is 6.24. The van der Waals surface area contributed by atoms with Gasteiger partial charge in [-0.25, -0.2) is 13.1 Å². The highest BCUT2D eigenvalue weighted by molar-refractivity contribution is 7.89. The molecule has 0 heterocycles. The fourth-order valence-corrected chi connectivity index (χ4v) is 4.21. The van der Waals surface area contributed by atoms with Gasteiger partial charge in [0.05, 0.1) is 4.90 Å². The first kappa shape index (κ1) is 14.5. The molecule has 1 aliphatic rings. The molecule has 0 bridgehead atoms. The van der Waals surface area contributed by atoms with Gasteiger partial charge in [0.15, 0.2) is 0 Å². The SMILES string of the molecule is Cc1cc(CN)cc(S(=O)(=O)NC2CC(C)C2)c1C. The molecule has 1 aliphatic carbocycles. The Labute approximate surface area is 115 Å². The number of hydrogen-bond donors (Lipinski definition) is 2. The lowest BCUT2D eigenvalue weighted by Gasteiger charge is -2.33. The molecule has 0 aromatic heterocycles. The number of aryl methyl sites for hydroxylation is 1. The summed E-state index contributed by atoms with van der Waals surface area (Å²) in [6, 6.07) is 3.72. The van der Waals surface area contributed by atoms with Gasteiger partial charge in [-0.1, -0.05) is 13.0 Å². The molecule has 0 atom stereocenters. The molecule has 1 fully saturated rings. The van der Waals surface area contributed by atoms with Crippen LogP contribution in [0.2, 0.25) is 0 Å². The van der Waals surface area contributed by atoms with Crippen LogP contribution in [-0.2, 0) is 16.6 Å². The number of hydrogen-bond acceptors (Lipinski definition) is 3. The van der Waals surface area contributed by atoms with Crippen molar-refractivity contribution in [1.29, 1.82) is 0 Å². The summed E-state index contributed by atoms with van der Waals surface area (Å²) in [5.74, 6) is 0.617. The minimum atomic E-state index is -3.44. The maximum absolute atomic E-state index is 12.4. The molecule has 3 N–H and O–H groups in total. The number of rotatable bonds is 4. The molecule has 1 aromatic carbocycles. The van der Waals surface area contributed by atoms with Crippen LogP contribution in [0.3, 0.4) is 0 Å². The van der Waals surface area contributed by atoms with Crippen LogP contribution in [0, 0.1) is 19.8 Å². The number of nitrogens with two attached hydrogens (primary N) is 1. The predicted octanol–water partition coefficient (Wildman–Crippen LogP) is 1.84. The molecule has 1 aromatic rings. The molecule has 106 valence electrons. The van der Waals surface area contributed by atoms with E-state index in [-0.39, 0.29) is 6.04 Å². The second kappa shape index (κ2) is 5.23. The molecule has 0 unspecified atom stereocenters.